The zero-order chi connectivity index (χ0) is 14.9. The van der Waals surface area contributed by atoms with Gasteiger partial charge in [-0.05, 0) is 26.0 Å². The monoisotopic (exact) mass is 272 g/mol. The molecule has 1 atom stereocenters. The summed E-state index contributed by atoms with van der Waals surface area (Å²) in [5.74, 6) is -1.82. The lowest BCUT2D eigenvalue weighted by Gasteiger charge is -2.20. The van der Waals surface area contributed by atoms with Crippen LogP contribution in [0.5, 0.6) is 0 Å². The first-order valence-electron chi connectivity index (χ1n) is 5.99. The number of rotatable bonds is 3. The van der Waals surface area contributed by atoms with Crippen molar-refractivity contribution < 1.29 is 19.1 Å². The van der Waals surface area contributed by atoms with Crippen LogP contribution >= 0.6 is 0 Å². The van der Waals surface area contributed by atoms with Crippen LogP contribution < -0.4 is 0 Å². The normalized spacial score (nSPS) is 14.8. The minimum absolute atomic E-state index is 0.278. The molecule has 0 bridgehead atoms. The summed E-state index contributed by atoms with van der Waals surface area (Å²) in [5, 5.41) is 8.36. The van der Waals surface area contributed by atoms with E-state index in [9.17, 15) is 14.4 Å². The van der Waals surface area contributed by atoms with E-state index in [4.69, 9.17) is 5.26 Å². The number of nitriles is 1. The average molecular weight is 272 g/mol. The van der Waals surface area contributed by atoms with Crippen molar-refractivity contribution in [3.05, 3.63) is 34.9 Å². The van der Waals surface area contributed by atoms with E-state index in [1.54, 1.807) is 24.3 Å². The molecule has 102 valence electrons. The molecule has 0 saturated heterocycles. The van der Waals surface area contributed by atoms with Crippen LogP contribution in [0.15, 0.2) is 18.2 Å². The summed E-state index contributed by atoms with van der Waals surface area (Å²) in [7, 11) is 0. The Bertz CT molecular complexity index is 645. The van der Waals surface area contributed by atoms with E-state index in [1.165, 1.54) is 6.92 Å². The molecule has 20 heavy (non-hydrogen) atoms. The smallest absolute Gasteiger partial charge is 0.330 e. The second kappa shape index (κ2) is 5.13. The molecule has 1 aromatic rings. The van der Waals surface area contributed by atoms with Crippen molar-refractivity contribution in [1.82, 2.24) is 4.90 Å². The maximum Gasteiger partial charge on any atom is 0.330 e. The van der Waals surface area contributed by atoms with Gasteiger partial charge in [-0.3, -0.25) is 14.5 Å². The molecule has 1 aromatic carbocycles. The molecule has 0 radical (unpaired) electrons. The number of imide groups is 1. The minimum atomic E-state index is -1.06. The number of carbonyl (C=O) groups excluding carboxylic acids is 3. The highest BCUT2D eigenvalue weighted by molar-refractivity contribution is 6.22. The first-order valence-corrected chi connectivity index (χ1v) is 5.99. The summed E-state index contributed by atoms with van der Waals surface area (Å²) in [4.78, 5) is 36.9. The standard InChI is InChI=1S/C14H12N2O4/c1-8-3-4-10-11(7-8)13(18)16(12(10)17)9(2)14(19)20-6-5-15/h3-4,7,9H,6H2,1-2H3. The number of hydrogen-bond donors (Lipinski definition) is 0. The molecule has 2 rings (SSSR count). The number of ether oxygens (including phenoxy) is 1. The summed E-state index contributed by atoms with van der Waals surface area (Å²) in [6, 6.07) is 5.51. The minimum Gasteiger partial charge on any atom is -0.449 e. The van der Waals surface area contributed by atoms with Crippen molar-refractivity contribution in [3.8, 4) is 6.07 Å². The molecule has 1 aliphatic rings. The van der Waals surface area contributed by atoms with Gasteiger partial charge in [0.25, 0.3) is 11.8 Å². The number of hydrogen-bond acceptors (Lipinski definition) is 5. The molecule has 1 unspecified atom stereocenters. The van der Waals surface area contributed by atoms with Crippen LogP contribution in [0.2, 0.25) is 0 Å². The Balaban J connectivity index is 2.28. The van der Waals surface area contributed by atoms with Gasteiger partial charge in [0.1, 0.15) is 12.1 Å². The Morgan fingerprint density at radius 3 is 2.65 bits per heavy atom. The van der Waals surface area contributed by atoms with Crippen LogP contribution in [-0.2, 0) is 9.53 Å². The van der Waals surface area contributed by atoms with Gasteiger partial charge in [-0.25, -0.2) is 4.79 Å². The molecule has 0 aliphatic carbocycles. The van der Waals surface area contributed by atoms with Crippen LogP contribution in [0.1, 0.15) is 33.2 Å². The molecule has 2 amide bonds. The fourth-order valence-corrected chi connectivity index (χ4v) is 2.05. The molecule has 6 nitrogen and oxygen atoms in total. The lowest BCUT2D eigenvalue weighted by Crippen LogP contribution is -2.43. The number of aryl methyl sites for hydroxylation is 1. The third kappa shape index (κ3) is 2.14. The Morgan fingerprint density at radius 2 is 2.00 bits per heavy atom. The summed E-state index contributed by atoms with van der Waals surface area (Å²) < 4.78 is 4.64. The fourth-order valence-electron chi connectivity index (χ4n) is 2.05. The van der Waals surface area contributed by atoms with Crippen molar-refractivity contribution in [2.24, 2.45) is 0 Å². The van der Waals surface area contributed by atoms with E-state index in [1.807, 2.05) is 6.92 Å². The van der Waals surface area contributed by atoms with Crippen LogP contribution in [0.3, 0.4) is 0 Å². The van der Waals surface area contributed by atoms with Gasteiger partial charge in [-0.15, -0.1) is 0 Å². The van der Waals surface area contributed by atoms with E-state index >= 15 is 0 Å². The summed E-state index contributed by atoms with van der Waals surface area (Å²) in [6.45, 7) is 2.80. The quantitative estimate of drug-likeness (QED) is 0.606. The highest BCUT2D eigenvalue weighted by Crippen LogP contribution is 2.25. The van der Waals surface area contributed by atoms with Gasteiger partial charge in [-0.2, -0.15) is 5.26 Å². The van der Waals surface area contributed by atoms with Crippen LogP contribution in [0.4, 0.5) is 0 Å². The fraction of sp³-hybridized carbons (Fsp3) is 0.286. The third-order valence-electron chi connectivity index (χ3n) is 3.08. The van der Waals surface area contributed by atoms with E-state index in [0.29, 0.717) is 0 Å². The van der Waals surface area contributed by atoms with Crippen LogP contribution in [0.25, 0.3) is 0 Å². The number of benzene rings is 1. The molecule has 6 heteroatoms. The second-order valence-electron chi connectivity index (χ2n) is 4.47. The van der Waals surface area contributed by atoms with E-state index in [-0.39, 0.29) is 11.1 Å². The largest absolute Gasteiger partial charge is 0.449 e. The van der Waals surface area contributed by atoms with Crippen LogP contribution in [-0.4, -0.2) is 35.3 Å². The zero-order valence-electron chi connectivity index (χ0n) is 11.0. The van der Waals surface area contributed by atoms with E-state index in [2.05, 4.69) is 4.74 Å². The summed E-state index contributed by atoms with van der Waals surface area (Å²) in [5.41, 5.74) is 1.42. The van der Waals surface area contributed by atoms with Gasteiger partial charge in [0, 0.05) is 0 Å². The summed E-state index contributed by atoms with van der Waals surface area (Å²) in [6.07, 6.45) is 0. The Labute approximate surface area is 115 Å². The van der Waals surface area contributed by atoms with E-state index in [0.717, 1.165) is 10.5 Å². The number of esters is 1. The average Bonchev–Trinajstić information content (AvgIpc) is 2.67. The molecule has 0 aromatic heterocycles. The van der Waals surface area contributed by atoms with Gasteiger partial charge in [-0.1, -0.05) is 11.6 Å². The maximum absolute atomic E-state index is 12.2. The lowest BCUT2D eigenvalue weighted by atomic mass is 10.1. The van der Waals surface area contributed by atoms with Gasteiger partial charge in [0.05, 0.1) is 11.1 Å². The molecule has 0 saturated carbocycles. The number of fused-ring (bicyclic) bond motifs is 1. The Morgan fingerprint density at radius 1 is 1.35 bits per heavy atom. The Hall–Kier alpha value is -2.68. The second-order valence-corrected chi connectivity index (χ2v) is 4.47. The zero-order valence-corrected chi connectivity index (χ0v) is 11.0. The molecular formula is C14H12N2O4. The van der Waals surface area contributed by atoms with Gasteiger partial charge < -0.3 is 4.74 Å². The number of carbonyl (C=O) groups is 3. The topological polar surface area (TPSA) is 87.5 Å². The van der Waals surface area contributed by atoms with Crippen molar-refractivity contribution >= 4 is 17.8 Å². The first-order chi connectivity index (χ1) is 9.47. The molecule has 1 aliphatic heterocycles. The van der Waals surface area contributed by atoms with Crippen molar-refractivity contribution in [1.29, 1.82) is 5.26 Å². The molecular weight excluding hydrogens is 260 g/mol. The highest BCUT2D eigenvalue weighted by atomic mass is 16.5. The lowest BCUT2D eigenvalue weighted by molar-refractivity contribution is -0.146. The SMILES string of the molecule is Cc1ccc2c(c1)C(=O)N(C(C)C(=O)OCC#N)C2=O. The number of nitrogens with zero attached hydrogens (tertiary/aromatic N) is 2. The van der Waals surface area contributed by atoms with Gasteiger partial charge in [0.15, 0.2) is 6.61 Å². The predicted molar refractivity (Wildman–Crippen MR) is 67.7 cm³/mol. The number of amides is 2. The van der Waals surface area contributed by atoms with Crippen molar-refractivity contribution in [2.45, 2.75) is 19.9 Å². The predicted octanol–water partition coefficient (Wildman–Crippen LogP) is 1.05. The first kappa shape index (κ1) is 13.7. The van der Waals surface area contributed by atoms with Crippen molar-refractivity contribution in [3.63, 3.8) is 0 Å². The van der Waals surface area contributed by atoms with Crippen LogP contribution in [0, 0.1) is 18.3 Å². The molecule has 0 N–H and O–H groups in total. The Kier molecular flexibility index (Phi) is 3.53. The van der Waals surface area contributed by atoms with Gasteiger partial charge >= 0.3 is 5.97 Å². The molecule has 0 spiro atoms. The molecule has 1 heterocycles. The van der Waals surface area contributed by atoms with Crippen molar-refractivity contribution in [2.75, 3.05) is 6.61 Å². The highest BCUT2D eigenvalue weighted by Gasteiger charge is 2.41. The van der Waals surface area contributed by atoms with Gasteiger partial charge in [0.2, 0.25) is 0 Å². The summed E-state index contributed by atoms with van der Waals surface area (Å²) >= 11 is 0. The molecule has 0 fully saturated rings. The third-order valence-corrected chi connectivity index (χ3v) is 3.08. The maximum atomic E-state index is 12.2. The van der Waals surface area contributed by atoms with E-state index < -0.39 is 30.4 Å².